The van der Waals surface area contributed by atoms with Gasteiger partial charge in [0.25, 0.3) is 5.91 Å². The summed E-state index contributed by atoms with van der Waals surface area (Å²) in [5.74, 6) is 0.194. The zero-order valence-corrected chi connectivity index (χ0v) is 18.8. The maximum Gasteiger partial charge on any atom is 0.251 e. The quantitative estimate of drug-likeness (QED) is 0.458. The summed E-state index contributed by atoms with van der Waals surface area (Å²) in [7, 11) is -3.63. The Hall–Kier alpha value is -2.75. The molecule has 0 atom stereocenters. The average molecular weight is 460 g/mol. The molecule has 1 aromatic carbocycles. The predicted molar refractivity (Wildman–Crippen MR) is 121 cm³/mol. The van der Waals surface area contributed by atoms with Crippen LogP contribution in [0.15, 0.2) is 65.0 Å². The van der Waals surface area contributed by atoms with Gasteiger partial charge in [-0.3, -0.25) is 4.79 Å². The van der Waals surface area contributed by atoms with E-state index in [-0.39, 0.29) is 17.3 Å². The Morgan fingerprint density at radius 3 is 2.65 bits per heavy atom. The predicted octanol–water partition coefficient (Wildman–Crippen LogP) is 3.38. The number of sulfonamides is 1. The zero-order chi connectivity index (χ0) is 22.1. The molecule has 7 nitrogen and oxygen atoms in total. The molecule has 3 rings (SSSR count). The zero-order valence-electron chi connectivity index (χ0n) is 17.2. The second kappa shape index (κ2) is 11.0. The minimum absolute atomic E-state index is 0.123. The number of nitrogens with zero attached hydrogens (tertiary/aromatic N) is 1. The van der Waals surface area contributed by atoms with E-state index in [2.05, 4.69) is 15.0 Å². The van der Waals surface area contributed by atoms with Crippen LogP contribution in [-0.4, -0.2) is 32.5 Å². The van der Waals surface area contributed by atoms with E-state index in [0.717, 1.165) is 16.9 Å². The first-order chi connectivity index (χ1) is 15.0. The van der Waals surface area contributed by atoms with Crippen molar-refractivity contribution >= 4 is 27.3 Å². The Bertz CT molecular complexity index is 1080. The van der Waals surface area contributed by atoms with Crippen LogP contribution < -0.4 is 14.8 Å². The van der Waals surface area contributed by atoms with Crippen LogP contribution in [0.2, 0.25) is 0 Å². The molecule has 0 bridgehead atoms. The van der Waals surface area contributed by atoms with Gasteiger partial charge in [0.1, 0.15) is 0 Å². The Labute approximate surface area is 186 Å². The fraction of sp³-hybridized carbons (Fsp3) is 0.273. The molecule has 0 fully saturated rings. The molecule has 0 unspecified atom stereocenters. The van der Waals surface area contributed by atoms with E-state index >= 15 is 0 Å². The highest BCUT2D eigenvalue weighted by Crippen LogP contribution is 2.15. The van der Waals surface area contributed by atoms with Crippen molar-refractivity contribution in [3.8, 4) is 5.88 Å². The molecule has 9 heteroatoms. The number of rotatable bonds is 11. The van der Waals surface area contributed by atoms with Crippen molar-refractivity contribution in [3.05, 3.63) is 76.1 Å². The number of hydrogen-bond donors (Lipinski definition) is 2. The molecule has 2 aromatic heterocycles. The van der Waals surface area contributed by atoms with Gasteiger partial charge >= 0.3 is 0 Å². The van der Waals surface area contributed by atoms with Gasteiger partial charge in [-0.05, 0) is 54.6 Å². The fourth-order valence-electron chi connectivity index (χ4n) is 2.80. The van der Waals surface area contributed by atoms with Crippen molar-refractivity contribution < 1.29 is 17.9 Å². The van der Waals surface area contributed by atoms with Crippen LogP contribution >= 0.6 is 11.3 Å². The molecule has 31 heavy (non-hydrogen) atoms. The van der Waals surface area contributed by atoms with Gasteiger partial charge in [0, 0.05) is 35.3 Å². The third-order valence-corrected chi connectivity index (χ3v) is 6.82. The minimum Gasteiger partial charge on any atom is -0.477 e. The second-order valence-electron chi connectivity index (χ2n) is 6.75. The number of benzene rings is 1. The van der Waals surface area contributed by atoms with Crippen LogP contribution in [0.4, 0.5) is 0 Å². The first-order valence-electron chi connectivity index (χ1n) is 9.96. The van der Waals surface area contributed by atoms with Crippen LogP contribution in [0.1, 0.15) is 34.1 Å². The molecule has 1 amide bonds. The number of aromatic nitrogens is 1. The van der Waals surface area contributed by atoms with Crippen LogP contribution in [0.3, 0.4) is 0 Å². The lowest BCUT2D eigenvalue weighted by Gasteiger charge is -2.11. The Balaban J connectivity index is 1.56. The van der Waals surface area contributed by atoms with Crippen molar-refractivity contribution in [3.63, 3.8) is 0 Å². The van der Waals surface area contributed by atoms with Gasteiger partial charge in [0.2, 0.25) is 15.9 Å². The van der Waals surface area contributed by atoms with Crippen molar-refractivity contribution in [2.24, 2.45) is 0 Å². The second-order valence-corrected chi connectivity index (χ2v) is 9.55. The largest absolute Gasteiger partial charge is 0.477 e. The molecular weight excluding hydrogens is 434 g/mol. The van der Waals surface area contributed by atoms with Crippen LogP contribution in [-0.2, 0) is 23.0 Å². The standard InChI is InChI=1S/C22H25N3O4S2/c1-2-14-29-22-18(5-3-12-23-22)16-24-21(26)17-7-9-20(10-8-17)31(27,28)25-13-11-19-6-4-15-30-19/h3-10,12,15,25H,2,11,13-14,16H2,1H3,(H,24,26). The third kappa shape index (κ3) is 6.61. The molecule has 0 saturated carbocycles. The number of carbonyl (C=O) groups is 1. The number of hydrogen-bond acceptors (Lipinski definition) is 6. The van der Waals surface area contributed by atoms with Gasteiger partial charge in [-0.2, -0.15) is 0 Å². The Kier molecular flexibility index (Phi) is 8.16. The van der Waals surface area contributed by atoms with Crippen molar-refractivity contribution in [1.29, 1.82) is 0 Å². The van der Waals surface area contributed by atoms with E-state index < -0.39 is 10.0 Å². The average Bonchev–Trinajstić information content (AvgIpc) is 3.30. The summed E-state index contributed by atoms with van der Waals surface area (Å²) in [5, 5.41) is 4.78. The highest BCUT2D eigenvalue weighted by Gasteiger charge is 2.15. The number of pyridine rings is 1. The maximum atomic E-state index is 12.5. The molecule has 2 N–H and O–H groups in total. The number of amides is 1. The number of thiophene rings is 1. The molecule has 164 valence electrons. The van der Waals surface area contributed by atoms with E-state index in [9.17, 15) is 13.2 Å². The summed E-state index contributed by atoms with van der Waals surface area (Å²) in [6, 6.07) is 13.4. The molecular formula is C22H25N3O4S2. The summed E-state index contributed by atoms with van der Waals surface area (Å²) >= 11 is 1.59. The fourth-order valence-corrected chi connectivity index (χ4v) is 4.54. The summed E-state index contributed by atoms with van der Waals surface area (Å²) in [5.41, 5.74) is 1.15. The molecule has 0 saturated heterocycles. The molecule has 3 aromatic rings. The summed E-state index contributed by atoms with van der Waals surface area (Å²) in [6.45, 7) is 3.14. The summed E-state index contributed by atoms with van der Waals surface area (Å²) in [6.07, 6.45) is 3.14. The molecule has 2 heterocycles. The first-order valence-corrected chi connectivity index (χ1v) is 12.3. The topological polar surface area (TPSA) is 97.4 Å². The Morgan fingerprint density at radius 1 is 1.13 bits per heavy atom. The van der Waals surface area contributed by atoms with Gasteiger partial charge in [-0.1, -0.05) is 19.1 Å². The van der Waals surface area contributed by atoms with E-state index in [0.29, 0.717) is 31.0 Å². The number of ether oxygens (including phenoxy) is 1. The highest BCUT2D eigenvalue weighted by molar-refractivity contribution is 7.89. The molecule has 0 aliphatic carbocycles. The van der Waals surface area contributed by atoms with E-state index in [1.54, 1.807) is 23.6 Å². The minimum atomic E-state index is -3.63. The smallest absolute Gasteiger partial charge is 0.251 e. The molecule has 0 radical (unpaired) electrons. The number of carbonyl (C=O) groups excluding carboxylic acids is 1. The van der Waals surface area contributed by atoms with E-state index in [1.165, 1.54) is 24.3 Å². The number of nitrogens with one attached hydrogen (secondary N) is 2. The van der Waals surface area contributed by atoms with Crippen molar-refractivity contribution in [2.75, 3.05) is 13.2 Å². The third-order valence-electron chi connectivity index (χ3n) is 4.40. The van der Waals surface area contributed by atoms with Gasteiger partial charge < -0.3 is 10.1 Å². The van der Waals surface area contributed by atoms with Gasteiger partial charge in [0.15, 0.2) is 0 Å². The molecule has 0 spiro atoms. The van der Waals surface area contributed by atoms with E-state index in [4.69, 9.17) is 4.74 Å². The lowest BCUT2D eigenvalue weighted by Crippen LogP contribution is -2.26. The van der Waals surface area contributed by atoms with Crippen molar-refractivity contribution in [2.45, 2.75) is 31.2 Å². The van der Waals surface area contributed by atoms with Gasteiger partial charge in [-0.15, -0.1) is 11.3 Å². The van der Waals surface area contributed by atoms with Gasteiger partial charge in [0.05, 0.1) is 11.5 Å². The lowest BCUT2D eigenvalue weighted by atomic mass is 10.2. The Morgan fingerprint density at radius 2 is 1.94 bits per heavy atom. The SMILES string of the molecule is CCCOc1ncccc1CNC(=O)c1ccc(S(=O)(=O)NCCc2cccs2)cc1. The molecule has 0 aliphatic rings. The lowest BCUT2D eigenvalue weighted by molar-refractivity contribution is 0.0950. The van der Waals surface area contributed by atoms with Crippen LogP contribution in [0, 0.1) is 0 Å². The normalized spacial score (nSPS) is 11.3. The van der Waals surface area contributed by atoms with E-state index in [1.807, 2.05) is 30.5 Å². The summed E-state index contributed by atoms with van der Waals surface area (Å²) < 4.78 is 33.1. The maximum absolute atomic E-state index is 12.5. The molecule has 0 aliphatic heterocycles. The van der Waals surface area contributed by atoms with Crippen LogP contribution in [0.25, 0.3) is 0 Å². The monoisotopic (exact) mass is 459 g/mol. The summed E-state index contributed by atoms with van der Waals surface area (Å²) in [4.78, 5) is 17.9. The highest BCUT2D eigenvalue weighted by atomic mass is 32.2. The van der Waals surface area contributed by atoms with Gasteiger partial charge in [-0.25, -0.2) is 18.1 Å². The van der Waals surface area contributed by atoms with Crippen molar-refractivity contribution in [1.82, 2.24) is 15.0 Å². The first kappa shape index (κ1) is 22.9. The van der Waals surface area contributed by atoms with Crippen LogP contribution in [0.5, 0.6) is 5.88 Å².